The van der Waals surface area contributed by atoms with Gasteiger partial charge >= 0.3 is 6.18 Å². The van der Waals surface area contributed by atoms with Gasteiger partial charge in [-0.1, -0.05) is 25.4 Å². The first-order valence-corrected chi connectivity index (χ1v) is 8.63. The lowest BCUT2D eigenvalue weighted by Gasteiger charge is -2.35. The molecule has 9 heteroatoms. The monoisotopic (exact) mass is 391 g/mol. The molecule has 0 spiro atoms. The Morgan fingerprint density at radius 3 is 2.35 bits per heavy atom. The van der Waals surface area contributed by atoms with Crippen molar-refractivity contribution in [2.45, 2.75) is 20.0 Å². The lowest BCUT2D eigenvalue weighted by molar-refractivity contribution is -0.138. The minimum absolute atomic E-state index is 0.0241. The molecule has 0 saturated carbocycles. The highest BCUT2D eigenvalue weighted by Crippen LogP contribution is 2.33. The second kappa shape index (κ2) is 8.26. The Labute approximate surface area is 155 Å². The maximum Gasteiger partial charge on any atom is 0.416 e. The molecule has 0 unspecified atom stereocenters. The van der Waals surface area contributed by atoms with Crippen molar-refractivity contribution >= 4 is 29.1 Å². The fourth-order valence-corrected chi connectivity index (χ4v) is 2.85. The Morgan fingerprint density at radius 1 is 1.19 bits per heavy atom. The molecule has 0 atom stereocenters. The summed E-state index contributed by atoms with van der Waals surface area (Å²) >= 11 is 5.88. The zero-order valence-electron chi connectivity index (χ0n) is 14.6. The Bertz CT molecular complexity index is 672. The number of piperazine rings is 1. The van der Waals surface area contributed by atoms with Gasteiger partial charge < -0.3 is 10.2 Å². The summed E-state index contributed by atoms with van der Waals surface area (Å²) in [4.78, 5) is 27.7. The van der Waals surface area contributed by atoms with Gasteiger partial charge in [-0.25, -0.2) is 0 Å². The summed E-state index contributed by atoms with van der Waals surface area (Å²) in [6, 6.07) is 2.79. The smallest absolute Gasteiger partial charge is 0.340 e. The normalized spacial score (nSPS) is 16.0. The first kappa shape index (κ1) is 20.5. The van der Waals surface area contributed by atoms with Crippen LogP contribution in [-0.2, 0) is 15.8 Å². The van der Waals surface area contributed by atoms with Crippen LogP contribution in [0.3, 0.4) is 0 Å². The quantitative estimate of drug-likeness (QED) is 0.858. The number of halogens is 4. The molecule has 2 rings (SSSR count). The molecule has 1 aromatic carbocycles. The first-order chi connectivity index (χ1) is 12.1. The predicted molar refractivity (Wildman–Crippen MR) is 92.9 cm³/mol. The SMILES string of the molecule is CC(C)C(=O)N1CCN(CC(=O)Nc2cc(C(F)(F)F)ccc2Cl)CC1. The average Bonchev–Trinajstić information content (AvgIpc) is 2.55. The van der Waals surface area contributed by atoms with Crippen molar-refractivity contribution in [3.8, 4) is 0 Å². The number of alkyl halides is 3. The number of carbonyl (C=O) groups excluding carboxylic acids is 2. The zero-order valence-corrected chi connectivity index (χ0v) is 15.3. The van der Waals surface area contributed by atoms with Gasteiger partial charge in [0.2, 0.25) is 11.8 Å². The van der Waals surface area contributed by atoms with Crippen molar-refractivity contribution in [3.05, 3.63) is 28.8 Å². The summed E-state index contributed by atoms with van der Waals surface area (Å²) in [6.45, 7) is 5.80. The van der Waals surface area contributed by atoms with E-state index in [4.69, 9.17) is 11.6 Å². The van der Waals surface area contributed by atoms with Gasteiger partial charge in [-0.3, -0.25) is 14.5 Å². The third-order valence-electron chi connectivity index (χ3n) is 4.11. The molecule has 0 aromatic heterocycles. The molecule has 1 fully saturated rings. The van der Waals surface area contributed by atoms with Crippen LogP contribution in [0.4, 0.5) is 18.9 Å². The van der Waals surface area contributed by atoms with Crippen molar-refractivity contribution in [1.29, 1.82) is 0 Å². The second-order valence-electron chi connectivity index (χ2n) is 6.50. The van der Waals surface area contributed by atoms with Crippen LogP contribution >= 0.6 is 11.6 Å². The van der Waals surface area contributed by atoms with E-state index in [0.29, 0.717) is 26.2 Å². The van der Waals surface area contributed by atoms with E-state index in [0.717, 1.165) is 18.2 Å². The Kier molecular flexibility index (Phi) is 6.52. The van der Waals surface area contributed by atoms with Gasteiger partial charge in [0, 0.05) is 32.1 Å². The van der Waals surface area contributed by atoms with E-state index in [2.05, 4.69) is 5.32 Å². The standard InChI is InChI=1S/C17H21ClF3N3O2/c1-11(2)16(26)24-7-5-23(6-8-24)10-15(25)22-14-9-12(17(19,20)21)3-4-13(14)18/h3-4,9,11H,5-8,10H2,1-2H3,(H,22,25). The summed E-state index contributed by atoms with van der Waals surface area (Å²) in [5, 5.41) is 2.47. The molecule has 1 aliphatic rings. The lowest BCUT2D eigenvalue weighted by atomic mass is 10.1. The van der Waals surface area contributed by atoms with Gasteiger partial charge in [-0.2, -0.15) is 13.2 Å². The van der Waals surface area contributed by atoms with Crippen molar-refractivity contribution in [3.63, 3.8) is 0 Å². The minimum atomic E-state index is -4.51. The number of nitrogens with one attached hydrogen (secondary N) is 1. The molecule has 26 heavy (non-hydrogen) atoms. The van der Waals surface area contributed by atoms with E-state index in [1.54, 1.807) is 4.90 Å². The van der Waals surface area contributed by atoms with E-state index in [-0.39, 0.29) is 29.1 Å². The fourth-order valence-electron chi connectivity index (χ4n) is 2.68. The molecule has 1 saturated heterocycles. The third kappa shape index (κ3) is 5.35. The average molecular weight is 392 g/mol. The van der Waals surface area contributed by atoms with Crippen LogP contribution in [0.1, 0.15) is 19.4 Å². The number of hydrogen-bond acceptors (Lipinski definition) is 3. The molecule has 0 bridgehead atoms. The van der Waals surface area contributed by atoms with Gasteiger partial charge in [0.15, 0.2) is 0 Å². The van der Waals surface area contributed by atoms with Gasteiger partial charge in [0.25, 0.3) is 0 Å². The molecule has 1 N–H and O–H groups in total. The summed E-state index contributed by atoms with van der Waals surface area (Å²) < 4.78 is 38.3. The van der Waals surface area contributed by atoms with Crippen molar-refractivity contribution in [1.82, 2.24) is 9.80 Å². The number of hydrogen-bond donors (Lipinski definition) is 1. The first-order valence-electron chi connectivity index (χ1n) is 8.25. The van der Waals surface area contributed by atoms with Crippen LogP contribution in [-0.4, -0.2) is 54.3 Å². The van der Waals surface area contributed by atoms with Crippen LogP contribution in [0.15, 0.2) is 18.2 Å². The van der Waals surface area contributed by atoms with Crippen LogP contribution in [0.2, 0.25) is 5.02 Å². The predicted octanol–water partition coefficient (Wildman–Crippen LogP) is 3.10. The molecular weight excluding hydrogens is 371 g/mol. The Morgan fingerprint density at radius 2 is 1.81 bits per heavy atom. The number of amides is 2. The molecule has 144 valence electrons. The van der Waals surface area contributed by atoms with Crippen molar-refractivity contribution in [2.75, 3.05) is 38.0 Å². The van der Waals surface area contributed by atoms with Crippen LogP contribution in [0.25, 0.3) is 0 Å². The lowest BCUT2D eigenvalue weighted by Crippen LogP contribution is -2.51. The van der Waals surface area contributed by atoms with Gasteiger partial charge in [0.05, 0.1) is 22.8 Å². The van der Waals surface area contributed by atoms with E-state index >= 15 is 0 Å². The van der Waals surface area contributed by atoms with E-state index in [9.17, 15) is 22.8 Å². The van der Waals surface area contributed by atoms with Crippen LogP contribution in [0, 0.1) is 5.92 Å². The second-order valence-corrected chi connectivity index (χ2v) is 6.90. The van der Waals surface area contributed by atoms with Gasteiger partial charge in [-0.15, -0.1) is 0 Å². The molecule has 0 aliphatic carbocycles. The minimum Gasteiger partial charge on any atom is -0.340 e. The molecule has 1 aromatic rings. The van der Waals surface area contributed by atoms with Crippen LogP contribution < -0.4 is 5.32 Å². The van der Waals surface area contributed by atoms with Gasteiger partial charge in [-0.05, 0) is 18.2 Å². The third-order valence-corrected chi connectivity index (χ3v) is 4.44. The highest BCUT2D eigenvalue weighted by atomic mass is 35.5. The van der Waals surface area contributed by atoms with Crippen LogP contribution in [0.5, 0.6) is 0 Å². The topological polar surface area (TPSA) is 52.7 Å². The highest BCUT2D eigenvalue weighted by molar-refractivity contribution is 6.33. The molecule has 1 aliphatic heterocycles. The number of carbonyl (C=O) groups is 2. The van der Waals surface area contributed by atoms with E-state index in [1.807, 2.05) is 18.7 Å². The zero-order chi connectivity index (χ0) is 19.5. The Balaban J connectivity index is 1.91. The summed E-state index contributed by atoms with van der Waals surface area (Å²) in [7, 11) is 0. The fraction of sp³-hybridized carbons (Fsp3) is 0.529. The Hall–Kier alpha value is -1.80. The maximum atomic E-state index is 12.8. The summed E-state index contributed by atoms with van der Waals surface area (Å²) in [5.74, 6) is -0.451. The number of benzene rings is 1. The molecular formula is C17H21ClF3N3O2. The maximum absolute atomic E-state index is 12.8. The molecule has 2 amide bonds. The number of nitrogens with zero attached hydrogens (tertiary/aromatic N) is 2. The van der Waals surface area contributed by atoms with E-state index in [1.165, 1.54) is 0 Å². The summed E-state index contributed by atoms with van der Waals surface area (Å²) in [6.07, 6.45) is -4.51. The van der Waals surface area contributed by atoms with Crippen molar-refractivity contribution < 1.29 is 22.8 Å². The van der Waals surface area contributed by atoms with Gasteiger partial charge in [0.1, 0.15) is 0 Å². The van der Waals surface area contributed by atoms with Crippen molar-refractivity contribution in [2.24, 2.45) is 5.92 Å². The molecule has 0 radical (unpaired) electrons. The van der Waals surface area contributed by atoms with E-state index < -0.39 is 17.6 Å². The highest BCUT2D eigenvalue weighted by Gasteiger charge is 2.31. The number of rotatable bonds is 4. The molecule has 5 nitrogen and oxygen atoms in total. The number of anilines is 1. The largest absolute Gasteiger partial charge is 0.416 e. The summed E-state index contributed by atoms with van der Waals surface area (Å²) in [5.41, 5.74) is -0.946. The molecule has 1 heterocycles.